The summed E-state index contributed by atoms with van der Waals surface area (Å²) in [6.45, 7) is 5.30. The average molecular weight is 470 g/mol. The van der Waals surface area contributed by atoms with Crippen LogP contribution in [0.15, 0.2) is 24.3 Å². The Labute approximate surface area is 201 Å². The van der Waals surface area contributed by atoms with E-state index in [-0.39, 0.29) is 29.6 Å². The molecule has 2 aliphatic heterocycles. The third-order valence-electron chi connectivity index (χ3n) is 8.01. The van der Waals surface area contributed by atoms with Gasteiger partial charge in [0.15, 0.2) is 11.5 Å². The van der Waals surface area contributed by atoms with Crippen molar-refractivity contribution in [1.82, 2.24) is 4.90 Å². The Morgan fingerprint density at radius 2 is 2.06 bits per heavy atom. The van der Waals surface area contributed by atoms with Crippen LogP contribution in [0.4, 0.5) is 0 Å². The maximum atomic E-state index is 11.8. The number of likely N-dealkylation sites (N-methyl/N-ethyl adjacent to an activating group) is 1. The Hall–Kier alpha value is -2.38. The van der Waals surface area contributed by atoms with E-state index in [1.165, 1.54) is 18.1 Å². The number of benzene rings is 1. The van der Waals surface area contributed by atoms with Gasteiger partial charge in [0.25, 0.3) is 0 Å². The molecule has 5 atom stereocenters. The van der Waals surface area contributed by atoms with Gasteiger partial charge in [0.1, 0.15) is 12.2 Å². The van der Waals surface area contributed by atoms with Crippen molar-refractivity contribution in [2.45, 2.75) is 76.0 Å². The fraction of sp³-hybridized carbons (Fsp3) is 0.630. The molecule has 184 valence electrons. The highest BCUT2D eigenvalue weighted by Crippen LogP contribution is 2.62. The largest absolute Gasteiger partial charge is 0.482 e. The van der Waals surface area contributed by atoms with Gasteiger partial charge in [-0.15, -0.1) is 0 Å². The minimum atomic E-state index is -0.338. The lowest BCUT2D eigenvalue weighted by Gasteiger charge is -2.56. The summed E-state index contributed by atoms with van der Waals surface area (Å²) in [4.78, 5) is 25.8. The first-order chi connectivity index (χ1) is 16.5. The molecule has 5 rings (SSSR count). The number of carbonyl (C=O) groups excluding carboxylic acids is 2. The lowest BCUT2D eigenvalue weighted by Crippen LogP contribution is -2.65. The zero-order valence-electron chi connectivity index (χ0n) is 20.4. The molecule has 0 N–H and O–H groups in total. The van der Waals surface area contributed by atoms with Gasteiger partial charge >= 0.3 is 11.9 Å². The normalized spacial score (nSPS) is 30.4. The van der Waals surface area contributed by atoms with Crippen molar-refractivity contribution in [2.75, 3.05) is 26.8 Å². The summed E-state index contributed by atoms with van der Waals surface area (Å²) in [5.41, 5.74) is 2.38. The summed E-state index contributed by atoms with van der Waals surface area (Å²) in [5.74, 6) is 1.13. The molecule has 7 heteroatoms. The van der Waals surface area contributed by atoms with E-state index in [9.17, 15) is 9.59 Å². The van der Waals surface area contributed by atoms with Crippen LogP contribution < -0.4 is 9.47 Å². The van der Waals surface area contributed by atoms with E-state index in [1.54, 1.807) is 0 Å². The number of hydrogen-bond acceptors (Lipinski definition) is 7. The smallest absolute Gasteiger partial charge is 0.308 e. The highest BCUT2D eigenvalue weighted by atomic mass is 16.6. The van der Waals surface area contributed by atoms with Gasteiger partial charge in [-0.05, 0) is 57.8 Å². The second-order valence-electron chi connectivity index (χ2n) is 9.96. The zero-order chi connectivity index (χ0) is 23.9. The molecule has 1 aromatic rings. The molecule has 1 fully saturated rings. The van der Waals surface area contributed by atoms with Gasteiger partial charge in [-0.25, -0.2) is 0 Å². The first kappa shape index (κ1) is 23.4. The number of nitrogens with zero attached hydrogens (tertiary/aromatic N) is 1. The number of esters is 2. The summed E-state index contributed by atoms with van der Waals surface area (Å²) in [5, 5.41) is 0. The Morgan fingerprint density at radius 3 is 2.85 bits per heavy atom. The Morgan fingerprint density at radius 1 is 1.21 bits per heavy atom. The summed E-state index contributed by atoms with van der Waals surface area (Å²) in [6.07, 6.45) is 9.27. The topological polar surface area (TPSA) is 74.3 Å². The number of likely N-dealkylation sites (tertiary alicyclic amines) is 1. The maximum Gasteiger partial charge on any atom is 0.308 e. The van der Waals surface area contributed by atoms with Crippen molar-refractivity contribution in [3.8, 4) is 11.5 Å². The minimum absolute atomic E-state index is 0.130. The van der Waals surface area contributed by atoms with E-state index in [2.05, 4.69) is 30.2 Å². The third-order valence-corrected chi connectivity index (χ3v) is 8.01. The Balaban J connectivity index is 1.34. The molecule has 0 aromatic heterocycles. The van der Waals surface area contributed by atoms with Gasteiger partial charge in [0.05, 0.1) is 6.61 Å². The maximum absolute atomic E-state index is 11.8. The van der Waals surface area contributed by atoms with Crippen LogP contribution in [0.3, 0.4) is 0 Å². The third kappa shape index (κ3) is 3.83. The molecule has 34 heavy (non-hydrogen) atoms. The number of piperidine rings is 1. The van der Waals surface area contributed by atoms with Crippen molar-refractivity contribution in [3.63, 3.8) is 0 Å². The molecule has 2 aliphatic carbocycles. The molecule has 2 unspecified atom stereocenters. The standard InChI is InChI=1S/C27H35NO6/c1-4-31-23(30)8-6-5-7-15-32-22-12-10-19-20-16-18-9-11-21(33-17(2)29)25-24(18)27(19,26(22)34-25)13-14-28(20)3/h9-12,19-20,22,26H,4-8,13-16H2,1-3H3/t19-,20+,22?,26?,27-/m0/s1. The Kier molecular flexibility index (Phi) is 6.42. The predicted octanol–water partition coefficient (Wildman–Crippen LogP) is 3.57. The monoisotopic (exact) mass is 469 g/mol. The van der Waals surface area contributed by atoms with Gasteiger partial charge < -0.3 is 23.8 Å². The van der Waals surface area contributed by atoms with E-state index in [4.69, 9.17) is 18.9 Å². The van der Waals surface area contributed by atoms with Crippen molar-refractivity contribution in [3.05, 3.63) is 35.4 Å². The molecule has 0 saturated carbocycles. The summed E-state index contributed by atoms with van der Waals surface area (Å²) in [7, 11) is 2.22. The first-order valence-corrected chi connectivity index (χ1v) is 12.6. The van der Waals surface area contributed by atoms with Crippen LogP contribution >= 0.6 is 0 Å². The minimum Gasteiger partial charge on any atom is -0.482 e. The fourth-order valence-corrected chi connectivity index (χ4v) is 6.59. The van der Waals surface area contributed by atoms with Crippen molar-refractivity contribution in [2.24, 2.45) is 5.92 Å². The first-order valence-electron chi connectivity index (χ1n) is 12.6. The molecular formula is C27H35NO6. The van der Waals surface area contributed by atoms with Gasteiger partial charge in [0.2, 0.25) is 0 Å². The summed E-state index contributed by atoms with van der Waals surface area (Å²) >= 11 is 0. The lowest BCUT2D eigenvalue weighted by atomic mass is 9.53. The molecular weight excluding hydrogens is 434 g/mol. The van der Waals surface area contributed by atoms with E-state index >= 15 is 0 Å². The van der Waals surface area contributed by atoms with Crippen LogP contribution in [0, 0.1) is 5.92 Å². The molecule has 1 spiro atoms. The second kappa shape index (κ2) is 9.34. The SMILES string of the molecule is CCOC(=O)CCCCCOC1C=C[C@H]2[C@H]3Cc4ccc(OC(C)=O)c5c4[C@@]2(CCN3C)C1O5. The number of unbranched alkanes of at least 4 members (excludes halogenated alkanes) is 2. The highest BCUT2D eigenvalue weighted by molar-refractivity contribution is 5.72. The molecule has 4 aliphatic rings. The molecule has 0 radical (unpaired) electrons. The second-order valence-corrected chi connectivity index (χ2v) is 9.96. The number of carbonyl (C=O) groups is 2. The average Bonchev–Trinajstić information content (AvgIpc) is 3.15. The molecule has 1 saturated heterocycles. The fourth-order valence-electron chi connectivity index (χ4n) is 6.59. The number of ether oxygens (including phenoxy) is 4. The summed E-state index contributed by atoms with van der Waals surface area (Å²) in [6, 6.07) is 4.43. The summed E-state index contributed by atoms with van der Waals surface area (Å²) < 4.78 is 23.6. The highest BCUT2D eigenvalue weighted by Gasteiger charge is 2.64. The van der Waals surface area contributed by atoms with E-state index < -0.39 is 0 Å². The van der Waals surface area contributed by atoms with Crippen LogP contribution in [0.2, 0.25) is 0 Å². The van der Waals surface area contributed by atoms with Crippen LogP contribution in [-0.2, 0) is 30.9 Å². The number of rotatable bonds is 9. The lowest BCUT2D eigenvalue weighted by molar-refractivity contribution is -0.143. The Bertz CT molecular complexity index is 990. The van der Waals surface area contributed by atoms with Crippen LogP contribution in [-0.4, -0.2) is 61.9 Å². The van der Waals surface area contributed by atoms with Crippen LogP contribution in [0.5, 0.6) is 11.5 Å². The molecule has 2 heterocycles. The van der Waals surface area contributed by atoms with Crippen LogP contribution in [0.1, 0.15) is 57.1 Å². The quantitative estimate of drug-likeness (QED) is 0.237. The van der Waals surface area contributed by atoms with Gasteiger partial charge in [-0.1, -0.05) is 24.6 Å². The molecule has 0 amide bonds. The van der Waals surface area contributed by atoms with E-state index in [0.717, 1.165) is 44.4 Å². The van der Waals surface area contributed by atoms with E-state index in [0.29, 0.717) is 37.3 Å². The van der Waals surface area contributed by atoms with Crippen molar-refractivity contribution in [1.29, 1.82) is 0 Å². The van der Waals surface area contributed by atoms with Gasteiger partial charge in [-0.2, -0.15) is 0 Å². The molecule has 7 nitrogen and oxygen atoms in total. The molecule has 1 aromatic carbocycles. The van der Waals surface area contributed by atoms with Crippen LogP contribution in [0.25, 0.3) is 0 Å². The van der Waals surface area contributed by atoms with E-state index in [1.807, 2.05) is 13.0 Å². The molecule has 2 bridgehead atoms. The van der Waals surface area contributed by atoms with Gasteiger partial charge in [-0.3, -0.25) is 9.59 Å². The zero-order valence-corrected chi connectivity index (χ0v) is 20.4. The van der Waals surface area contributed by atoms with Crippen molar-refractivity contribution < 1.29 is 28.5 Å². The predicted molar refractivity (Wildman–Crippen MR) is 126 cm³/mol. The van der Waals surface area contributed by atoms with Gasteiger partial charge in [0, 0.05) is 42.9 Å². The number of hydrogen-bond donors (Lipinski definition) is 0. The van der Waals surface area contributed by atoms with Crippen molar-refractivity contribution >= 4 is 11.9 Å².